The van der Waals surface area contributed by atoms with Gasteiger partial charge in [-0.25, -0.2) is 4.98 Å². The summed E-state index contributed by atoms with van der Waals surface area (Å²) in [6.45, 7) is 1.98. The van der Waals surface area contributed by atoms with Gasteiger partial charge in [-0.3, -0.25) is 4.79 Å². The van der Waals surface area contributed by atoms with Crippen LogP contribution < -0.4 is 10.1 Å². The van der Waals surface area contributed by atoms with Crippen LogP contribution in [0.15, 0.2) is 61.2 Å². The molecule has 1 N–H and O–H groups in total. The maximum atomic E-state index is 11.3. The van der Waals surface area contributed by atoms with Crippen molar-refractivity contribution in [2.75, 3.05) is 5.32 Å². The summed E-state index contributed by atoms with van der Waals surface area (Å²) in [6.07, 6.45) is 4.92. The zero-order valence-electron chi connectivity index (χ0n) is 14.0. The third-order valence-electron chi connectivity index (χ3n) is 3.68. The predicted molar refractivity (Wildman–Crippen MR) is 103 cm³/mol. The molecule has 1 heterocycles. The van der Waals surface area contributed by atoms with Crippen LogP contribution in [0.4, 0.5) is 5.69 Å². The molecule has 0 fully saturated rings. The van der Waals surface area contributed by atoms with Crippen LogP contribution in [0.3, 0.4) is 0 Å². The number of benzene rings is 2. The number of aromatic nitrogens is 2. The Bertz CT molecular complexity index is 898. The molecule has 134 valence electrons. The summed E-state index contributed by atoms with van der Waals surface area (Å²) in [4.78, 5) is 15.3. The largest absolute Gasteiger partial charge is 0.484 e. The molecule has 0 aliphatic rings. The minimum absolute atomic E-state index is 0.141. The van der Waals surface area contributed by atoms with E-state index in [9.17, 15) is 4.79 Å². The number of imidazole rings is 1. The zero-order valence-corrected chi connectivity index (χ0v) is 15.5. The molecule has 0 aliphatic carbocycles. The van der Waals surface area contributed by atoms with Gasteiger partial charge in [-0.2, -0.15) is 0 Å². The molecule has 0 saturated heterocycles. The molecule has 1 unspecified atom stereocenters. The third kappa shape index (κ3) is 4.77. The van der Waals surface area contributed by atoms with Gasteiger partial charge in [0.05, 0.1) is 12.9 Å². The van der Waals surface area contributed by atoms with Crippen molar-refractivity contribution in [3.63, 3.8) is 0 Å². The maximum absolute atomic E-state index is 11.3. The minimum Gasteiger partial charge on any atom is -0.484 e. The standard InChI is InChI=1S/C19H17Cl2N3O2/c1-13(25)23-15-3-2-4-16(10-15)26-19(11-24-8-7-22-12-24)17-6-5-14(20)9-18(17)21/h2-10,12,19H,11H2,1H3,(H,23,25). The van der Waals surface area contributed by atoms with Gasteiger partial charge in [-0.15, -0.1) is 0 Å². The first kappa shape index (κ1) is 18.3. The van der Waals surface area contributed by atoms with E-state index in [0.29, 0.717) is 28.0 Å². The molecule has 0 saturated carbocycles. The van der Waals surface area contributed by atoms with Crippen molar-refractivity contribution in [3.05, 3.63) is 76.8 Å². The summed E-state index contributed by atoms with van der Waals surface area (Å²) in [5.41, 5.74) is 1.48. The summed E-state index contributed by atoms with van der Waals surface area (Å²) < 4.78 is 8.10. The summed E-state index contributed by atoms with van der Waals surface area (Å²) in [5, 5.41) is 3.84. The summed E-state index contributed by atoms with van der Waals surface area (Å²) >= 11 is 12.4. The topological polar surface area (TPSA) is 56.1 Å². The quantitative estimate of drug-likeness (QED) is 0.647. The minimum atomic E-state index is -0.360. The molecule has 5 nitrogen and oxygen atoms in total. The average molecular weight is 390 g/mol. The van der Waals surface area contributed by atoms with Crippen LogP contribution in [0.1, 0.15) is 18.6 Å². The monoisotopic (exact) mass is 389 g/mol. The molecule has 7 heteroatoms. The van der Waals surface area contributed by atoms with E-state index in [2.05, 4.69) is 10.3 Å². The number of nitrogens with zero attached hydrogens (tertiary/aromatic N) is 2. The number of carbonyl (C=O) groups excluding carboxylic acids is 1. The van der Waals surface area contributed by atoms with E-state index in [-0.39, 0.29) is 12.0 Å². The van der Waals surface area contributed by atoms with Gasteiger partial charge < -0.3 is 14.6 Å². The van der Waals surface area contributed by atoms with Crippen molar-refractivity contribution in [1.82, 2.24) is 9.55 Å². The molecular weight excluding hydrogens is 373 g/mol. The highest BCUT2D eigenvalue weighted by Crippen LogP contribution is 2.31. The van der Waals surface area contributed by atoms with Gasteiger partial charge in [0.25, 0.3) is 0 Å². The van der Waals surface area contributed by atoms with Gasteiger partial charge in [0, 0.05) is 46.7 Å². The average Bonchev–Trinajstić information content (AvgIpc) is 3.07. The Balaban J connectivity index is 1.89. The lowest BCUT2D eigenvalue weighted by Gasteiger charge is -2.21. The van der Waals surface area contributed by atoms with E-state index < -0.39 is 0 Å². The zero-order chi connectivity index (χ0) is 18.5. The molecule has 1 aromatic heterocycles. The van der Waals surface area contributed by atoms with Crippen LogP contribution in [0.25, 0.3) is 0 Å². The first-order valence-corrected chi connectivity index (χ1v) is 8.72. The maximum Gasteiger partial charge on any atom is 0.221 e. The van der Waals surface area contributed by atoms with E-state index in [1.165, 1.54) is 6.92 Å². The van der Waals surface area contributed by atoms with Crippen LogP contribution in [0.2, 0.25) is 10.0 Å². The summed E-state index contributed by atoms with van der Waals surface area (Å²) in [5.74, 6) is 0.477. The lowest BCUT2D eigenvalue weighted by atomic mass is 10.1. The Morgan fingerprint density at radius 2 is 2.12 bits per heavy atom. The molecule has 0 aliphatic heterocycles. The van der Waals surface area contributed by atoms with Crippen molar-refractivity contribution in [1.29, 1.82) is 0 Å². The summed E-state index contributed by atoms with van der Waals surface area (Å²) in [6, 6.07) is 12.5. The fourth-order valence-electron chi connectivity index (χ4n) is 2.56. The van der Waals surface area contributed by atoms with Crippen LogP contribution in [0, 0.1) is 0 Å². The molecule has 26 heavy (non-hydrogen) atoms. The normalized spacial score (nSPS) is 11.8. The van der Waals surface area contributed by atoms with Crippen molar-refractivity contribution >= 4 is 34.8 Å². The van der Waals surface area contributed by atoms with E-state index in [4.69, 9.17) is 27.9 Å². The van der Waals surface area contributed by atoms with Gasteiger partial charge in [0.15, 0.2) is 0 Å². The van der Waals surface area contributed by atoms with Crippen molar-refractivity contribution < 1.29 is 9.53 Å². The molecule has 3 rings (SSSR count). The van der Waals surface area contributed by atoms with Crippen molar-refractivity contribution in [2.24, 2.45) is 0 Å². The molecule has 1 amide bonds. The molecule has 2 aromatic carbocycles. The third-order valence-corrected chi connectivity index (χ3v) is 4.24. The number of halogens is 2. The Kier molecular flexibility index (Phi) is 5.81. The number of hydrogen-bond donors (Lipinski definition) is 1. The van der Waals surface area contributed by atoms with E-state index in [0.717, 1.165) is 5.56 Å². The highest BCUT2D eigenvalue weighted by atomic mass is 35.5. The highest BCUT2D eigenvalue weighted by Gasteiger charge is 2.18. The Labute approximate surface area is 161 Å². The number of anilines is 1. The smallest absolute Gasteiger partial charge is 0.221 e. The van der Waals surface area contributed by atoms with Gasteiger partial charge in [0.2, 0.25) is 5.91 Å². The Hall–Kier alpha value is -2.50. The number of rotatable bonds is 6. The fraction of sp³-hybridized carbons (Fsp3) is 0.158. The second-order valence-electron chi connectivity index (χ2n) is 5.74. The lowest BCUT2D eigenvalue weighted by Crippen LogP contribution is -2.15. The Morgan fingerprint density at radius 1 is 1.27 bits per heavy atom. The number of carbonyl (C=O) groups is 1. The fourth-order valence-corrected chi connectivity index (χ4v) is 3.09. The second kappa shape index (κ2) is 8.25. The van der Waals surface area contributed by atoms with Crippen molar-refractivity contribution in [2.45, 2.75) is 19.6 Å². The van der Waals surface area contributed by atoms with Gasteiger partial charge in [0.1, 0.15) is 11.9 Å². The van der Waals surface area contributed by atoms with Crippen LogP contribution in [-0.2, 0) is 11.3 Å². The first-order valence-electron chi connectivity index (χ1n) is 7.96. The Morgan fingerprint density at radius 3 is 2.81 bits per heavy atom. The SMILES string of the molecule is CC(=O)Nc1cccc(OC(Cn2ccnc2)c2ccc(Cl)cc2Cl)c1. The molecule has 0 radical (unpaired) electrons. The highest BCUT2D eigenvalue weighted by molar-refractivity contribution is 6.35. The van der Waals surface area contributed by atoms with E-state index in [1.54, 1.807) is 36.8 Å². The van der Waals surface area contributed by atoms with Crippen LogP contribution in [0.5, 0.6) is 5.75 Å². The van der Waals surface area contributed by atoms with Crippen LogP contribution in [-0.4, -0.2) is 15.5 Å². The summed E-state index contributed by atoms with van der Waals surface area (Å²) in [7, 11) is 0. The lowest BCUT2D eigenvalue weighted by molar-refractivity contribution is -0.114. The first-order chi connectivity index (χ1) is 12.5. The molecular formula is C19H17Cl2N3O2. The van der Waals surface area contributed by atoms with Gasteiger partial charge in [-0.05, 0) is 24.3 Å². The molecule has 3 aromatic rings. The van der Waals surface area contributed by atoms with E-state index in [1.807, 2.05) is 29.0 Å². The second-order valence-corrected chi connectivity index (χ2v) is 6.58. The molecule has 0 bridgehead atoms. The number of ether oxygens (including phenoxy) is 1. The molecule has 1 atom stereocenters. The van der Waals surface area contributed by atoms with Crippen LogP contribution >= 0.6 is 23.2 Å². The number of hydrogen-bond acceptors (Lipinski definition) is 3. The number of amides is 1. The predicted octanol–water partition coefficient (Wildman–Crippen LogP) is 4.97. The molecule has 0 spiro atoms. The van der Waals surface area contributed by atoms with Gasteiger partial charge in [-0.1, -0.05) is 35.3 Å². The number of nitrogens with one attached hydrogen (secondary N) is 1. The van der Waals surface area contributed by atoms with E-state index >= 15 is 0 Å². The van der Waals surface area contributed by atoms with Crippen molar-refractivity contribution in [3.8, 4) is 5.75 Å². The van der Waals surface area contributed by atoms with Gasteiger partial charge >= 0.3 is 0 Å².